The van der Waals surface area contributed by atoms with Crippen LogP contribution in [-0.2, 0) is 31.4 Å². The Morgan fingerprint density at radius 3 is 2.28 bits per heavy atom. The number of carbonyl (C=O) groups excluding carboxylic acids is 3. The van der Waals surface area contributed by atoms with Crippen LogP contribution in [0.15, 0.2) is 24.3 Å². The highest BCUT2D eigenvalue weighted by Crippen LogP contribution is 2.15. The van der Waals surface area contributed by atoms with Gasteiger partial charge in [0.2, 0.25) is 11.0 Å². The molecule has 0 fully saturated rings. The molecule has 0 saturated carbocycles. The zero-order valence-corrected chi connectivity index (χ0v) is 16.5. The molecule has 0 saturated heterocycles. The molecule has 1 amide bonds. The minimum absolute atomic E-state index is 0.107. The van der Waals surface area contributed by atoms with Crippen molar-refractivity contribution in [1.29, 1.82) is 0 Å². The van der Waals surface area contributed by atoms with Crippen LogP contribution in [0, 0.1) is 5.92 Å². The summed E-state index contributed by atoms with van der Waals surface area (Å²) >= 11 is 4.49. The number of rotatable bonds is 8. The summed E-state index contributed by atoms with van der Waals surface area (Å²) in [5.41, 5.74) is 2.35. The van der Waals surface area contributed by atoms with E-state index >= 15 is 0 Å². The number of thiol groups is 1. The Labute approximate surface area is 158 Å². The van der Waals surface area contributed by atoms with E-state index in [2.05, 4.69) is 43.9 Å². The van der Waals surface area contributed by atoms with E-state index in [-0.39, 0.29) is 23.2 Å². The van der Waals surface area contributed by atoms with Crippen LogP contribution < -0.4 is 5.32 Å². The van der Waals surface area contributed by atoms with Gasteiger partial charge in [0.15, 0.2) is 0 Å². The largest absolute Gasteiger partial charge is 0.381 e. The second-order valence-electron chi connectivity index (χ2n) is 6.21. The molecule has 0 spiro atoms. The molecule has 0 aliphatic rings. The van der Waals surface area contributed by atoms with E-state index in [0.29, 0.717) is 24.4 Å². The summed E-state index contributed by atoms with van der Waals surface area (Å²) in [6, 6.07) is 7.36. The number of aryl methyl sites for hydroxylation is 1. The molecule has 1 aromatic rings. The normalized spacial score (nSPS) is 11.9. The van der Waals surface area contributed by atoms with Crippen LogP contribution in [-0.4, -0.2) is 28.8 Å². The molecular weight excluding hydrogens is 358 g/mol. The maximum absolute atomic E-state index is 11.8. The molecule has 1 N–H and O–H groups in total. The number of hydrogen-bond acceptors (Lipinski definition) is 6. The second kappa shape index (κ2) is 11.2. The van der Waals surface area contributed by atoms with Crippen molar-refractivity contribution in [3.05, 3.63) is 35.4 Å². The van der Waals surface area contributed by atoms with Crippen LogP contribution in [0.4, 0.5) is 0 Å². The van der Waals surface area contributed by atoms with Gasteiger partial charge in [-0.2, -0.15) is 12.6 Å². The molecule has 0 bridgehead atoms. The predicted octanol–water partition coefficient (Wildman–Crippen LogP) is 2.97. The van der Waals surface area contributed by atoms with Gasteiger partial charge < -0.3 is 9.50 Å². The third-order valence-corrected chi connectivity index (χ3v) is 4.35. The van der Waals surface area contributed by atoms with Gasteiger partial charge in [-0.3, -0.25) is 9.59 Å². The van der Waals surface area contributed by atoms with Gasteiger partial charge in [-0.1, -0.05) is 38.1 Å². The van der Waals surface area contributed by atoms with E-state index in [9.17, 15) is 14.4 Å². The van der Waals surface area contributed by atoms with Crippen molar-refractivity contribution in [2.24, 2.45) is 5.92 Å². The van der Waals surface area contributed by atoms with Crippen LogP contribution in [0.3, 0.4) is 0 Å². The molecule has 1 rings (SSSR count). The maximum atomic E-state index is 11.8. The fourth-order valence-electron chi connectivity index (χ4n) is 2.17. The van der Waals surface area contributed by atoms with E-state index in [1.165, 1.54) is 12.5 Å². The highest BCUT2D eigenvalue weighted by molar-refractivity contribution is 8.09. The summed E-state index contributed by atoms with van der Waals surface area (Å²) in [6.45, 7) is 5.65. The second-order valence-corrected chi connectivity index (χ2v) is 7.36. The quantitative estimate of drug-likeness (QED) is 0.533. The third-order valence-electron chi connectivity index (χ3n) is 3.35. The molecule has 0 aromatic heterocycles. The molecule has 0 aliphatic heterocycles. The van der Waals surface area contributed by atoms with Crippen molar-refractivity contribution in [3.8, 4) is 0 Å². The average molecular weight is 384 g/mol. The van der Waals surface area contributed by atoms with Crippen molar-refractivity contribution in [2.75, 3.05) is 5.75 Å². The SMILES string of the molecule is CC(=O)N[C@@H](CS)C(=O)OSC(=O)CCc1ccc(CC(C)C)cc1. The van der Waals surface area contributed by atoms with Crippen molar-refractivity contribution >= 4 is 41.7 Å². The zero-order valence-electron chi connectivity index (χ0n) is 14.8. The molecule has 5 nitrogen and oxygen atoms in total. The molecule has 1 atom stereocenters. The summed E-state index contributed by atoms with van der Waals surface area (Å²) in [4.78, 5) is 34.6. The summed E-state index contributed by atoms with van der Waals surface area (Å²) in [6.07, 6.45) is 1.89. The van der Waals surface area contributed by atoms with Gasteiger partial charge in [-0.15, -0.1) is 0 Å². The van der Waals surface area contributed by atoms with Crippen molar-refractivity contribution < 1.29 is 18.6 Å². The van der Waals surface area contributed by atoms with Crippen LogP contribution in [0.25, 0.3) is 0 Å². The van der Waals surface area contributed by atoms with Crippen molar-refractivity contribution in [2.45, 2.75) is 46.1 Å². The lowest BCUT2D eigenvalue weighted by atomic mass is 10.0. The highest BCUT2D eigenvalue weighted by atomic mass is 32.2. The Morgan fingerprint density at radius 2 is 1.76 bits per heavy atom. The van der Waals surface area contributed by atoms with Gasteiger partial charge in [-0.25, -0.2) is 4.79 Å². The first-order chi connectivity index (χ1) is 11.8. The van der Waals surface area contributed by atoms with E-state index in [0.717, 1.165) is 12.0 Å². The number of carbonyl (C=O) groups is 3. The summed E-state index contributed by atoms with van der Waals surface area (Å²) < 4.78 is 4.87. The third kappa shape index (κ3) is 8.97. The topological polar surface area (TPSA) is 72.5 Å². The predicted molar refractivity (Wildman–Crippen MR) is 103 cm³/mol. The van der Waals surface area contributed by atoms with Gasteiger partial charge in [-0.05, 0) is 29.9 Å². The van der Waals surface area contributed by atoms with Crippen molar-refractivity contribution in [1.82, 2.24) is 5.32 Å². The fourth-order valence-corrected chi connectivity index (χ4v) is 2.89. The fraction of sp³-hybridized carbons (Fsp3) is 0.500. The maximum Gasteiger partial charge on any atom is 0.341 e. The Morgan fingerprint density at radius 1 is 1.16 bits per heavy atom. The Balaban J connectivity index is 2.37. The van der Waals surface area contributed by atoms with Gasteiger partial charge in [0.25, 0.3) is 0 Å². The van der Waals surface area contributed by atoms with E-state index in [1.54, 1.807) is 0 Å². The van der Waals surface area contributed by atoms with Crippen LogP contribution >= 0.6 is 24.7 Å². The number of nitrogens with one attached hydrogen (secondary N) is 1. The number of amides is 1. The van der Waals surface area contributed by atoms with Crippen molar-refractivity contribution in [3.63, 3.8) is 0 Å². The number of hydrogen-bond donors (Lipinski definition) is 2. The standard InChI is InChI=1S/C18H25NO4S2/c1-12(2)10-15-6-4-14(5-7-15)8-9-17(21)25-23-18(22)16(11-24)19-13(3)20/h4-7,12,16,24H,8-11H2,1-3H3,(H,19,20)/t16-/m0/s1. The van der Waals surface area contributed by atoms with Crippen LogP contribution in [0.2, 0.25) is 0 Å². The van der Waals surface area contributed by atoms with Crippen LogP contribution in [0.5, 0.6) is 0 Å². The van der Waals surface area contributed by atoms with E-state index in [4.69, 9.17) is 4.18 Å². The molecular formula is C18H25NO4S2. The molecule has 0 unspecified atom stereocenters. The number of benzene rings is 1. The van der Waals surface area contributed by atoms with Crippen LogP contribution in [0.1, 0.15) is 38.3 Å². The average Bonchev–Trinajstić information content (AvgIpc) is 2.56. The summed E-state index contributed by atoms with van der Waals surface area (Å²) in [5.74, 6) is -0.317. The first-order valence-corrected chi connectivity index (χ1v) is 9.56. The molecule has 7 heteroatoms. The molecule has 138 valence electrons. The van der Waals surface area contributed by atoms with Gasteiger partial charge in [0, 0.05) is 19.1 Å². The molecule has 0 radical (unpaired) electrons. The minimum atomic E-state index is -0.852. The van der Waals surface area contributed by atoms with Gasteiger partial charge in [0.1, 0.15) is 18.1 Å². The lowest BCUT2D eigenvalue weighted by Gasteiger charge is -2.12. The smallest absolute Gasteiger partial charge is 0.341 e. The first kappa shape index (κ1) is 21.6. The van der Waals surface area contributed by atoms with E-state index < -0.39 is 12.0 Å². The summed E-state index contributed by atoms with van der Waals surface area (Å²) in [7, 11) is 0. The first-order valence-electron chi connectivity index (χ1n) is 8.18. The molecule has 0 heterocycles. The molecule has 25 heavy (non-hydrogen) atoms. The molecule has 0 aliphatic carbocycles. The minimum Gasteiger partial charge on any atom is -0.381 e. The molecule has 1 aromatic carbocycles. The zero-order chi connectivity index (χ0) is 18.8. The monoisotopic (exact) mass is 383 g/mol. The van der Waals surface area contributed by atoms with Gasteiger partial charge >= 0.3 is 5.97 Å². The Bertz CT molecular complexity index is 587. The lowest BCUT2D eigenvalue weighted by Crippen LogP contribution is -2.41. The van der Waals surface area contributed by atoms with E-state index in [1.807, 2.05) is 12.1 Å². The van der Waals surface area contributed by atoms with Gasteiger partial charge in [0.05, 0.1) is 0 Å². The lowest BCUT2D eigenvalue weighted by molar-refractivity contribution is -0.137. The highest BCUT2D eigenvalue weighted by Gasteiger charge is 2.21. The Kier molecular flexibility index (Phi) is 9.67. The summed E-state index contributed by atoms with van der Waals surface area (Å²) in [5, 5.41) is 2.18. The Hall–Kier alpha value is -1.47.